The summed E-state index contributed by atoms with van der Waals surface area (Å²) in [5, 5.41) is 0. The van der Waals surface area contributed by atoms with Gasteiger partial charge in [0.2, 0.25) is 6.79 Å². The predicted octanol–water partition coefficient (Wildman–Crippen LogP) is 3.07. The molecular weight excluding hydrogens is 264 g/mol. The van der Waals surface area contributed by atoms with Gasteiger partial charge >= 0.3 is 0 Å². The van der Waals surface area contributed by atoms with Crippen molar-refractivity contribution in [2.24, 2.45) is 5.73 Å². The van der Waals surface area contributed by atoms with E-state index >= 15 is 0 Å². The second kappa shape index (κ2) is 6.67. The zero-order chi connectivity index (χ0) is 14.7. The molecule has 0 aromatic heterocycles. The molecule has 2 aliphatic heterocycles. The maximum Gasteiger partial charge on any atom is 0.231 e. The van der Waals surface area contributed by atoms with Crippen LogP contribution in [0.1, 0.15) is 50.6 Å². The topological polar surface area (TPSA) is 47.7 Å². The van der Waals surface area contributed by atoms with E-state index in [0.29, 0.717) is 12.8 Å². The molecule has 0 radical (unpaired) electrons. The van der Waals surface area contributed by atoms with Gasteiger partial charge < -0.3 is 15.2 Å². The summed E-state index contributed by atoms with van der Waals surface area (Å²) in [6.07, 6.45) is 6.52. The number of fused-ring (bicyclic) bond motifs is 1. The quantitative estimate of drug-likeness (QED) is 0.905. The van der Waals surface area contributed by atoms with Crippen molar-refractivity contribution in [2.75, 3.05) is 19.9 Å². The summed E-state index contributed by atoms with van der Waals surface area (Å²) in [6.45, 7) is 4.70. The Balaban J connectivity index is 1.65. The number of nitrogens with two attached hydrogens (primary N) is 1. The van der Waals surface area contributed by atoms with E-state index in [0.717, 1.165) is 23.6 Å². The Bertz CT molecular complexity index is 476. The minimum atomic E-state index is 0.0388. The summed E-state index contributed by atoms with van der Waals surface area (Å²) in [7, 11) is 0. The summed E-state index contributed by atoms with van der Waals surface area (Å²) < 4.78 is 10.8. The van der Waals surface area contributed by atoms with E-state index in [2.05, 4.69) is 17.9 Å². The summed E-state index contributed by atoms with van der Waals surface area (Å²) in [4.78, 5) is 2.59. The molecule has 116 valence electrons. The third-order valence-corrected chi connectivity index (χ3v) is 4.63. The van der Waals surface area contributed by atoms with Crippen molar-refractivity contribution in [1.29, 1.82) is 0 Å². The third kappa shape index (κ3) is 3.33. The van der Waals surface area contributed by atoms with Crippen molar-refractivity contribution in [3.63, 3.8) is 0 Å². The molecule has 1 fully saturated rings. The highest BCUT2D eigenvalue weighted by atomic mass is 16.7. The summed E-state index contributed by atoms with van der Waals surface area (Å²) in [5.74, 6) is 1.65. The monoisotopic (exact) mass is 290 g/mol. The Kier molecular flexibility index (Phi) is 4.66. The molecule has 3 rings (SSSR count). The molecule has 4 heteroatoms. The molecule has 2 atom stereocenters. The number of ether oxygens (including phenoxy) is 2. The van der Waals surface area contributed by atoms with Crippen LogP contribution in [0.3, 0.4) is 0 Å². The van der Waals surface area contributed by atoms with E-state index in [1.165, 1.54) is 38.6 Å². The molecule has 1 saturated heterocycles. The van der Waals surface area contributed by atoms with Gasteiger partial charge in [0.05, 0.1) is 0 Å². The zero-order valence-electron chi connectivity index (χ0n) is 12.9. The molecule has 1 aromatic rings. The molecule has 1 aromatic carbocycles. The van der Waals surface area contributed by atoms with Crippen molar-refractivity contribution in [1.82, 2.24) is 4.90 Å². The summed E-state index contributed by atoms with van der Waals surface area (Å²) >= 11 is 0. The van der Waals surface area contributed by atoms with Crippen molar-refractivity contribution < 1.29 is 9.47 Å². The first kappa shape index (κ1) is 14.7. The van der Waals surface area contributed by atoms with Gasteiger partial charge in [-0.05, 0) is 43.5 Å². The first-order valence-corrected chi connectivity index (χ1v) is 8.17. The Morgan fingerprint density at radius 3 is 3.00 bits per heavy atom. The second-order valence-corrected chi connectivity index (χ2v) is 6.15. The Morgan fingerprint density at radius 2 is 2.14 bits per heavy atom. The number of piperidine rings is 1. The van der Waals surface area contributed by atoms with Crippen LogP contribution in [-0.4, -0.2) is 30.8 Å². The van der Waals surface area contributed by atoms with Crippen molar-refractivity contribution in [3.8, 4) is 11.5 Å². The number of hydrogen-bond donors (Lipinski definition) is 1. The SMILES string of the molecule is CCCC1CCCCN1CC(N)c1ccc2c(c1)OCO2. The lowest BCUT2D eigenvalue weighted by Gasteiger charge is -2.37. The molecule has 0 aliphatic carbocycles. The number of benzene rings is 1. The lowest BCUT2D eigenvalue weighted by Crippen LogP contribution is -2.43. The maximum atomic E-state index is 6.44. The van der Waals surface area contributed by atoms with Crippen LogP contribution in [0.4, 0.5) is 0 Å². The van der Waals surface area contributed by atoms with E-state index in [9.17, 15) is 0 Å². The largest absolute Gasteiger partial charge is 0.454 e. The molecule has 0 saturated carbocycles. The first-order chi connectivity index (χ1) is 10.3. The van der Waals surface area contributed by atoms with Gasteiger partial charge in [0.25, 0.3) is 0 Å². The van der Waals surface area contributed by atoms with Gasteiger partial charge in [-0.2, -0.15) is 0 Å². The predicted molar refractivity (Wildman–Crippen MR) is 83.6 cm³/mol. The fourth-order valence-corrected chi connectivity index (χ4v) is 3.46. The lowest BCUT2D eigenvalue weighted by molar-refractivity contribution is 0.131. The zero-order valence-corrected chi connectivity index (χ0v) is 12.9. The third-order valence-electron chi connectivity index (χ3n) is 4.63. The highest BCUT2D eigenvalue weighted by Gasteiger charge is 2.24. The van der Waals surface area contributed by atoms with Crippen molar-refractivity contribution >= 4 is 0 Å². The van der Waals surface area contributed by atoms with Crippen LogP contribution in [0.2, 0.25) is 0 Å². The van der Waals surface area contributed by atoms with E-state index in [-0.39, 0.29) is 6.04 Å². The number of rotatable bonds is 5. The van der Waals surface area contributed by atoms with Crippen LogP contribution in [0, 0.1) is 0 Å². The van der Waals surface area contributed by atoms with E-state index < -0.39 is 0 Å². The van der Waals surface area contributed by atoms with Crippen LogP contribution in [0.15, 0.2) is 18.2 Å². The Labute approximate surface area is 127 Å². The van der Waals surface area contributed by atoms with Crippen LogP contribution >= 0.6 is 0 Å². The smallest absolute Gasteiger partial charge is 0.231 e. The van der Waals surface area contributed by atoms with Gasteiger partial charge in [-0.3, -0.25) is 4.90 Å². The second-order valence-electron chi connectivity index (χ2n) is 6.15. The first-order valence-electron chi connectivity index (χ1n) is 8.17. The molecule has 0 amide bonds. The molecule has 21 heavy (non-hydrogen) atoms. The summed E-state index contributed by atoms with van der Waals surface area (Å²) in [5.41, 5.74) is 7.58. The standard InChI is InChI=1S/C17H26N2O2/c1-2-5-14-6-3-4-9-19(14)11-15(18)13-7-8-16-17(10-13)21-12-20-16/h7-8,10,14-15H,2-6,9,11-12,18H2,1H3. The van der Waals surface area contributed by atoms with Gasteiger partial charge in [0.1, 0.15) is 0 Å². The molecule has 2 unspecified atom stereocenters. The van der Waals surface area contributed by atoms with Gasteiger partial charge in [0.15, 0.2) is 11.5 Å². The van der Waals surface area contributed by atoms with Crippen LogP contribution in [-0.2, 0) is 0 Å². The number of nitrogens with zero attached hydrogens (tertiary/aromatic N) is 1. The minimum absolute atomic E-state index is 0.0388. The molecule has 2 N–H and O–H groups in total. The normalized spacial score (nSPS) is 23.2. The number of hydrogen-bond acceptors (Lipinski definition) is 4. The summed E-state index contributed by atoms with van der Waals surface area (Å²) in [6, 6.07) is 6.82. The fourth-order valence-electron chi connectivity index (χ4n) is 3.46. The molecule has 2 aliphatic rings. The van der Waals surface area contributed by atoms with E-state index in [4.69, 9.17) is 15.2 Å². The van der Waals surface area contributed by atoms with E-state index in [1.54, 1.807) is 0 Å². The Hall–Kier alpha value is -1.26. The molecular formula is C17H26N2O2. The number of likely N-dealkylation sites (tertiary alicyclic amines) is 1. The average Bonchev–Trinajstić information content (AvgIpc) is 2.97. The molecule has 0 bridgehead atoms. The maximum absolute atomic E-state index is 6.44. The molecule has 2 heterocycles. The van der Waals surface area contributed by atoms with Crippen LogP contribution in [0.5, 0.6) is 11.5 Å². The van der Waals surface area contributed by atoms with Gasteiger partial charge in [-0.15, -0.1) is 0 Å². The minimum Gasteiger partial charge on any atom is -0.454 e. The van der Waals surface area contributed by atoms with Gasteiger partial charge in [-0.25, -0.2) is 0 Å². The molecule has 4 nitrogen and oxygen atoms in total. The van der Waals surface area contributed by atoms with E-state index in [1.807, 2.05) is 12.1 Å². The fraction of sp³-hybridized carbons (Fsp3) is 0.647. The van der Waals surface area contributed by atoms with Crippen molar-refractivity contribution in [3.05, 3.63) is 23.8 Å². The lowest BCUT2D eigenvalue weighted by atomic mass is 9.96. The highest BCUT2D eigenvalue weighted by molar-refractivity contribution is 5.45. The van der Waals surface area contributed by atoms with Crippen LogP contribution < -0.4 is 15.2 Å². The van der Waals surface area contributed by atoms with Crippen molar-refractivity contribution in [2.45, 2.75) is 51.1 Å². The van der Waals surface area contributed by atoms with Gasteiger partial charge in [0, 0.05) is 18.6 Å². The van der Waals surface area contributed by atoms with Crippen LogP contribution in [0.25, 0.3) is 0 Å². The van der Waals surface area contributed by atoms with Gasteiger partial charge in [-0.1, -0.05) is 25.8 Å². The molecule has 0 spiro atoms. The average molecular weight is 290 g/mol. The Morgan fingerprint density at radius 1 is 1.29 bits per heavy atom. The highest BCUT2D eigenvalue weighted by Crippen LogP contribution is 2.34.